The van der Waals surface area contributed by atoms with Crippen molar-refractivity contribution >= 4 is 17.4 Å². The van der Waals surface area contributed by atoms with E-state index in [1.165, 1.54) is 6.20 Å². The van der Waals surface area contributed by atoms with Gasteiger partial charge in [-0.25, -0.2) is 0 Å². The summed E-state index contributed by atoms with van der Waals surface area (Å²) in [4.78, 5) is 12.1. The largest absolute Gasteiger partial charge is 0.388 e. The van der Waals surface area contributed by atoms with Crippen molar-refractivity contribution in [1.29, 1.82) is 0 Å². The maximum absolute atomic E-state index is 11.7. The minimum atomic E-state index is -0.794. The SMILES string of the molecule is CCCC(O)(CCC)CNC(=O)c1cnns1. The minimum Gasteiger partial charge on any atom is -0.388 e. The summed E-state index contributed by atoms with van der Waals surface area (Å²) in [5, 5.41) is 16.7. The van der Waals surface area contributed by atoms with Crippen LogP contribution in [0.25, 0.3) is 0 Å². The molecule has 1 aromatic rings. The van der Waals surface area contributed by atoms with E-state index >= 15 is 0 Å². The van der Waals surface area contributed by atoms with Crippen LogP contribution < -0.4 is 5.32 Å². The Bertz CT molecular complexity index is 334. The summed E-state index contributed by atoms with van der Waals surface area (Å²) in [5.41, 5.74) is -0.794. The van der Waals surface area contributed by atoms with Gasteiger partial charge in [-0.2, -0.15) is 0 Å². The molecule has 17 heavy (non-hydrogen) atoms. The number of hydrogen-bond donors (Lipinski definition) is 2. The first-order valence-corrected chi connectivity index (χ1v) is 6.66. The summed E-state index contributed by atoms with van der Waals surface area (Å²) >= 11 is 1.05. The van der Waals surface area contributed by atoms with Crippen molar-refractivity contribution in [1.82, 2.24) is 14.9 Å². The van der Waals surface area contributed by atoms with E-state index < -0.39 is 5.60 Å². The third-order valence-corrected chi connectivity index (χ3v) is 3.26. The number of nitrogens with zero attached hydrogens (tertiary/aromatic N) is 2. The molecule has 1 aromatic heterocycles. The molecule has 0 saturated carbocycles. The predicted molar refractivity (Wildman–Crippen MR) is 67.0 cm³/mol. The van der Waals surface area contributed by atoms with Crippen LogP contribution in [-0.4, -0.2) is 32.7 Å². The normalized spacial score (nSPS) is 11.5. The number of carbonyl (C=O) groups is 1. The molecule has 2 N–H and O–H groups in total. The number of aromatic nitrogens is 2. The molecular formula is C11H19N3O2S. The number of aliphatic hydroxyl groups is 1. The van der Waals surface area contributed by atoms with Crippen molar-refractivity contribution in [2.24, 2.45) is 0 Å². The number of amides is 1. The van der Waals surface area contributed by atoms with Gasteiger partial charge in [0.05, 0.1) is 11.8 Å². The smallest absolute Gasteiger partial charge is 0.264 e. The van der Waals surface area contributed by atoms with Crippen molar-refractivity contribution < 1.29 is 9.90 Å². The summed E-state index contributed by atoms with van der Waals surface area (Å²) in [7, 11) is 0. The lowest BCUT2D eigenvalue weighted by atomic mass is 9.92. The van der Waals surface area contributed by atoms with Crippen molar-refractivity contribution in [3.05, 3.63) is 11.1 Å². The molecular weight excluding hydrogens is 238 g/mol. The Morgan fingerprint density at radius 2 is 2.12 bits per heavy atom. The van der Waals surface area contributed by atoms with E-state index in [9.17, 15) is 9.90 Å². The molecule has 1 heterocycles. The van der Waals surface area contributed by atoms with Crippen LogP contribution in [0.1, 0.15) is 49.2 Å². The molecule has 1 rings (SSSR count). The maximum atomic E-state index is 11.7. The van der Waals surface area contributed by atoms with Gasteiger partial charge < -0.3 is 10.4 Å². The molecule has 0 bridgehead atoms. The van der Waals surface area contributed by atoms with Crippen LogP contribution >= 0.6 is 11.5 Å². The second kappa shape index (κ2) is 6.66. The fraction of sp³-hybridized carbons (Fsp3) is 0.727. The first-order valence-electron chi connectivity index (χ1n) is 5.89. The fourth-order valence-corrected chi connectivity index (χ4v) is 2.26. The lowest BCUT2D eigenvalue weighted by Gasteiger charge is -2.27. The zero-order valence-electron chi connectivity index (χ0n) is 10.3. The van der Waals surface area contributed by atoms with Gasteiger partial charge in [-0.3, -0.25) is 4.79 Å². The Labute approximate surface area is 105 Å². The van der Waals surface area contributed by atoms with E-state index in [0.717, 1.165) is 24.4 Å². The maximum Gasteiger partial charge on any atom is 0.264 e. The van der Waals surface area contributed by atoms with Crippen LogP contribution in [0.5, 0.6) is 0 Å². The van der Waals surface area contributed by atoms with Crippen LogP contribution in [0.15, 0.2) is 6.20 Å². The molecule has 0 aliphatic rings. The lowest BCUT2D eigenvalue weighted by Crippen LogP contribution is -2.42. The fourth-order valence-electron chi connectivity index (χ4n) is 1.83. The van der Waals surface area contributed by atoms with Crippen LogP contribution in [0.3, 0.4) is 0 Å². The van der Waals surface area contributed by atoms with Gasteiger partial charge in [0.15, 0.2) is 0 Å². The first-order chi connectivity index (χ1) is 8.11. The molecule has 0 fully saturated rings. The van der Waals surface area contributed by atoms with E-state index in [0.29, 0.717) is 17.7 Å². The van der Waals surface area contributed by atoms with Gasteiger partial charge in [0.1, 0.15) is 4.88 Å². The van der Waals surface area contributed by atoms with Gasteiger partial charge in [-0.05, 0) is 24.4 Å². The first kappa shape index (κ1) is 14.1. The van der Waals surface area contributed by atoms with Gasteiger partial charge in [0.25, 0.3) is 5.91 Å². The Morgan fingerprint density at radius 3 is 2.59 bits per heavy atom. The monoisotopic (exact) mass is 257 g/mol. The summed E-state index contributed by atoms with van der Waals surface area (Å²) < 4.78 is 3.63. The number of carbonyl (C=O) groups excluding carboxylic acids is 1. The van der Waals surface area contributed by atoms with E-state index in [2.05, 4.69) is 14.9 Å². The molecule has 0 aromatic carbocycles. The van der Waals surface area contributed by atoms with Gasteiger partial charge in [0.2, 0.25) is 0 Å². The topological polar surface area (TPSA) is 75.1 Å². The third-order valence-electron chi connectivity index (χ3n) is 2.59. The van der Waals surface area contributed by atoms with Crippen molar-refractivity contribution in [3.63, 3.8) is 0 Å². The average molecular weight is 257 g/mol. The molecule has 0 spiro atoms. The van der Waals surface area contributed by atoms with Gasteiger partial charge in [-0.1, -0.05) is 31.2 Å². The van der Waals surface area contributed by atoms with E-state index in [-0.39, 0.29) is 12.5 Å². The van der Waals surface area contributed by atoms with Crippen molar-refractivity contribution in [3.8, 4) is 0 Å². The van der Waals surface area contributed by atoms with Crippen molar-refractivity contribution in [2.75, 3.05) is 6.54 Å². The second-order valence-electron chi connectivity index (χ2n) is 4.19. The highest BCUT2D eigenvalue weighted by Crippen LogP contribution is 2.18. The van der Waals surface area contributed by atoms with E-state index in [4.69, 9.17) is 0 Å². The lowest BCUT2D eigenvalue weighted by molar-refractivity contribution is 0.0213. The van der Waals surface area contributed by atoms with Gasteiger partial charge in [-0.15, -0.1) is 5.10 Å². The van der Waals surface area contributed by atoms with Crippen LogP contribution in [0.2, 0.25) is 0 Å². The molecule has 0 unspecified atom stereocenters. The zero-order chi connectivity index (χ0) is 12.7. The second-order valence-corrected chi connectivity index (χ2v) is 4.97. The molecule has 0 atom stereocenters. The Kier molecular flexibility index (Phi) is 5.50. The highest BCUT2D eigenvalue weighted by Gasteiger charge is 2.25. The van der Waals surface area contributed by atoms with E-state index in [1.54, 1.807) is 0 Å². The summed E-state index contributed by atoms with van der Waals surface area (Å²) in [6, 6.07) is 0. The molecule has 0 aliphatic heterocycles. The Balaban J connectivity index is 2.49. The highest BCUT2D eigenvalue weighted by atomic mass is 32.1. The molecule has 0 radical (unpaired) electrons. The van der Waals surface area contributed by atoms with Crippen LogP contribution in [0, 0.1) is 0 Å². The van der Waals surface area contributed by atoms with Crippen LogP contribution in [-0.2, 0) is 0 Å². The van der Waals surface area contributed by atoms with Gasteiger partial charge >= 0.3 is 0 Å². The molecule has 0 aliphatic carbocycles. The highest BCUT2D eigenvalue weighted by molar-refractivity contribution is 7.07. The summed E-state index contributed by atoms with van der Waals surface area (Å²) in [6.45, 7) is 4.33. The summed E-state index contributed by atoms with van der Waals surface area (Å²) in [6.07, 6.45) is 4.62. The zero-order valence-corrected chi connectivity index (χ0v) is 11.1. The molecule has 1 amide bonds. The molecule has 5 nitrogen and oxygen atoms in total. The Morgan fingerprint density at radius 1 is 1.47 bits per heavy atom. The molecule has 96 valence electrons. The molecule has 6 heteroatoms. The number of nitrogens with one attached hydrogen (secondary N) is 1. The third kappa shape index (κ3) is 4.40. The predicted octanol–water partition coefficient (Wildman–Crippen LogP) is 1.60. The van der Waals surface area contributed by atoms with Gasteiger partial charge in [0, 0.05) is 6.54 Å². The average Bonchev–Trinajstić information content (AvgIpc) is 2.80. The Hall–Kier alpha value is -1.01. The summed E-state index contributed by atoms with van der Waals surface area (Å²) in [5.74, 6) is -0.217. The van der Waals surface area contributed by atoms with E-state index in [1.807, 2.05) is 13.8 Å². The minimum absolute atomic E-state index is 0.217. The number of rotatable bonds is 7. The quantitative estimate of drug-likeness (QED) is 0.778. The standard InChI is InChI=1S/C11H19N3O2S/c1-3-5-11(16,6-4-2)8-12-10(15)9-7-13-14-17-9/h7,16H,3-6,8H2,1-2H3,(H,12,15). The molecule has 0 saturated heterocycles. The number of hydrogen-bond acceptors (Lipinski definition) is 5. The van der Waals surface area contributed by atoms with Crippen LogP contribution in [0.4, 0.5) is 0 Å². The van der Waals surface area contributed by atoms with Crippen molar-refractivity contribution in [2.45, 2.75) is 45.1 Å².